The Kier molecular flexibility index (Phi) is 3.78. The summed E-state index contributed by atoms with van der Waals surface area (Å²) in [5, 5.41) is 6.67. The molecule has 0 aromatic carbocycles. The molecule has 1 aromatic rings. The molecule has 0 saturated carbocycles. The van der Waals surface area contributed by atoms with Gasteiger partial charge in [-0.25, -0.2) is 4.98 Å². The van der Waals surface area contributed by atoms with E-state index in [9.17, 15) is 0 Å². The lowest BCUT2D eigenvalue weighted by molar-refractivity contribution is 0.203. The number of anilines is 1. The van der Waals surface area contributed by atoms with E-state index in [0.717, 1.165) is 12.6 Å². The van der Waals surface area contributed by atoms with Gasteiger partial charge in [-0.1, -0.05) is 0 Å². The van der Waals surface area contributed by atoms with Gasteiger partial charge >= 0.3 is 0 Å². The van der Waals surface area contributed by atoms with Gasteiger partial charge in [0.1, 0.15) is 0 Å². The van der Waals surface area contributed by atoms with Gasteiger partial charge in [0.15, 0.2) is 5.13 Å². The van der Waals surface area contributed by atoms with Gasteiger partial charge in [-0.3, -0.25) is 4.90 Å². The lowest BCUT2D eigenvalue weighted by Gasteiger charge is -2.42. The molecule has 3 unspecified atom stereocenters. The molecule has 1 aromatic heterocycles. The van der Waals surface area contributed by atoms with Gasteiger partial charge in [0.2, 0.25) is 0 Å². The van der Waals surface area contributed by atoms with Crippen molar-refractivity contribution in [1.29, 1.82) is 0 Å². The molecule has 0 amide bonds. The zero-order valence-corrected chi connectivity index (χ0v) is 12.9. The van der Waals surface area contributed by atoms with Crippen LogP contribution in [0, 0.1) is 0 Å². The Hall–Kier alpha value is -0.650. The maximum absolute atomic E-state index is 4.83. The third kappa shape index (κ3) is 2.51. The highest BCUT2D eigenvalue weighted by atomic mass is 32.1. The van der Waals surface area contributed by atoms with Crippen molar-refractivity contribution in [2.75, 3.05) is 31.6 Å². The van der Waals surface area contributed by atoms with Crippen molar-refractivity contribution in [1.82, 2.24) is 15.2 Å². The molecule has 4 nitrogen and oxygen atoms in total. The van der Waals surface area contributed by atoms with Crippen LogP contribution in [0.4, 0.5) is 5.13 Å². The maximum Gasteiger partial charge on any atom is 0.185 e. The molecule has 3 rings (SSSR count). The first-order valence-electron chi connectivity index (χ1n) is 7.32. The van der Waals surface area contributed by atoms with Crippen LogP contribution in [0.5, 0.6) is 0 Å². The molecule has 106 valence electrons. The highest BCUT2D eigenvalue weighted by molar-refractivity contribution is 7.13. The minimum atomic E-state index is 0.341. The number of nitrogens with one attached hydrogen (secondary N) is 1. The van der Waals surface area contributed by atoms with E-state index < -0.39 is 0 Å². The first kappa shape index (κ1) is 13.3. The Bertz CT molecular complexity index is 433. The second-order valence-electron chi connectivity index (χ2n) is 5.86. The lowest BCUT2D eigenvalue weighted by Crippen LogP contribution is -2.55. The van der Waals surface area contributed by atoms with Gasteiger partial charge in [0.25, 0.3) is 0 Å². The molecule has 0 spiro atoms. The Morgan fingerprint density at radius 1 is 1.47 bits per heavy atom. The maximum atomic E-state index is 4.83. The standard InChI is InChI=1S/C14H24N4S/c1-10-7-17-6-4-5-12(17)8-18(10)14-16-13(9-19-14)11(2)15-3/h9-12,15H,4-8H2,1-3H3. The van der Waals surface area contributed by atoms with Crippen LogP contribution < -0.4 is 10.2 Å². The molecule has 0 radical (unpaired) electrons. The van der Waals surface area contributed by atoms with Crippen molar-refractivity contribution in [3.8, 4) is 0 Å². The summed E-state index contributed by atoms with van der Waals surface area (Å²) in [5.41, 5.74) is 1.17. The number of nitrogens with zero attached hydrogens (tertiary/aromatic N) is 3. The largest absolute Gasteiger partial charge is 0.343 e. The summed E-state index contributed by atoms with van der Waals surface area (Å²) in [5.74, 6) is 0. The van der Waals surface area contributed by atoms with Crippen molar-refractivity contribution in [3.05, 3.63) is 11.1 Å². The van der Waals surface area contributed by atoms with E-state index in [1.165, 1.54) is 36.8 Å². The van der Waals surface area contributed by atoms with E-state index in [-0.39, 0.29) is 0 Å². The number of hydrogen-bond donors (Lipinski definition) is 1. The van der Waals surface area contributed by atoms with Crippen LogP contribution in [-0.2, 0) is 0 Å². The minimum absolute atomic E-state index is 0.341. The van der Waals surface area contributed by atoms with E-state index >= 15 is 0 Å². The van der Waals surface area contributed by atoms with E-state index in [4.69, 9.17) is 4.98 Å². The fourth-order valence-electron chi connectivity index (χ4n) is 3.21. The van der Waals surface area contributed by atoms with Crippen LogP contribution in [0.2, 0.25) is 0 Å². The Balaban J connectivity index is 1.75. The molecule has 19 heavy (non-hydrogen) atoms. The van der Waals surface area contributed by atoms with Gasteiger partial charge in [-0.15, -0.1) is 11.3 Å². The molecule has 5 heteroatoms. The number of hydrogen-bond acceptors (Lipinski definition) is 5. The summed E-state index contributed by atoms with van der Waals surface area (Å²) >= 11 is 1.79. The summed E-state index contributed by atoms with van der Waals surface area (Å²) in [6.45, 7) is 8.14. The number of thiazole rings is 1. The highest BCUT2D eigenvalue weighted by Crippen LogP contribution is 2.31. The highest BCUT2D eigenvalue weighted by Gasteiger charge is 2.35. The SMILES string of the molecule is CNC(C)c1csc(N2CC3CCCN3CC2C)n1. The van der Waals surface area contributed by atoms with Gasteiger partial charge < -0.3 is 10.2 Å². The van der Waals surface area contributed by atoms with Crippen LogP contribution in [-0.4, -0.2) is 48.6 Å². The molecule has 1 N–H and O–H groups in total. The number of piperazine rings is 1. The normalized spacial score (nSPS) is 29.5. The predicted octanol–water partition coefficient (Wildman–Crippen LogP) is 2.10. The van der Waals surface area contributed by atoms with Crippen LogP contribution in [0.15, 0.2) is 5.38 Å². The van der Waals surface area contributed by atoms with E-state index in [1.807, 2.05) is 7.05 Å². The van der Waals surface area contributed by atoms with E-state index in [0.29, 0.717) is 12.1 Å². The van der Waals surface area contributed by atoms with Crippen LogP contribution in [0.25, 0.3) is 0 Å². The summed E-state index contributed by atoms with van der Waals surface area (Å²) in [6.07, 6.45) is 2.72. The third-order valence-corrected chi connectivity index (χ3v) is 5.47. The van der Waals surface area contributed by atoms with Crippen molar-refractivity contribution >= 4 is 16.5 Å². The molecule has 3 heterocycles. The number of fused-ring (bicyclic) bond motifs is 1. The average Bonchev–Trinajstić information content (AvgIpc) is 3.04. The molecule has 2 aliphatic rings. The van der Waals surface area contributed by atoms with Crippen LogP contribution in [0.1, 0.15) is 38.4 Å². The van der Waals surface area contributed by atoms with Crippen molar-refractivity contribution in [3.63, 3.8) is 0 Å². The zero-order chi connectivity index (χ0) is 13.4. The van der Waals surface area contributed by atoms with Crippen LogP contribution in [0.3, 0.4) is 0 Å². The zero-order valence-electron chi connectivity index (χ0n) is 12.1. The van der Waals surface area contributed by atoms with Gasteiger partial charge in [0, 0.05) is 36.6 Å². The Morgan fingerprint density at radius 3 is 3.11 bits per heavy atom. The second kappa shape index (κ2) is 5.38. The topological polar surface area (TPSA) is 31.4 Å². The van der Waals surface area contributed by atoms with Gasteiger partial charge in [-0.2, -0.15) is 0 Å². The molecule has 2 saturated heterocycles. The number of aromatic nitrogens is 1. The first-order chi connectivity index (χ1) is 9.19. The Labute approximate surface area is 119 Å². The molecular formula is C14H24N4S. The van der Waals surface area contributed by atoms with Gasteiger partial charge in [0.05, 0.1) is 5.69 Å². The molecule has 3 atom stereocenters. The van der Waals surface area contributed by atoms with E-state index in [2.05, 4.69) is 34.3 Å². The fraction of sp³-hybridized carbons (Fsp3) is 0.786. The Morgan fingerprint density at radius 2 is 2.32 bits per heavy atom. The van der Waals surface area contributed by atoms with Crippen molar-refractivity contribution < 1.29 is 0 Å². The minimum Gasteiger partial charge on any atom is -0.343 e. The third-order valence-electron chi connectivity index (χ3n) is 4.57. The second-order valence-corrected chi connectivity index (χ2v) is 6.69. The van der Waals surface area contributed by atoms with E-state index in [1.54, 1.807) is 11.3 Å². The summed E-state index contributed by atoms with van der Waals surface area (Å²) in [7, 11) is 1.99. The molecule has 2 fully saturated rings. The monoisotopic (exact) mass is 280 g/mol. The van der Waals surface area contributed by atoms with Crippen LogP contribution >= 0.6 is 11.3 Å². The lowest BCUT2D eigenvalue weighted by atomic mass is 10.1. The molecule has 2 aliphatic heterocycles. The van der Waals surface area contributed by atoms with Crippen molar-refractivity contribution in [2.45, 2.75) is 44.8 Å². The fourth-order valence-corrected chi connectivity index (χ4v) is 4.24. The summed E-state index contributed by atoms with van der Waals surface area (Å²) in [4.78, 5) is 10.0. The number of rotatable bonds is 3. The smallest absolute Gasteiger partial charge is 0.185 e. The quantitative estimate of drug-likeness (QED) is 0.919. The van der Waals surface area contributed by atoms with Crippen molar-refractivity contribution in [2.24, 2.45) is 0 Å². The molecule has 0 aliphatic carbocycles. The molecule has 0 bridgehead atoms. The summed E-state index contributed by atoms with van der Waals surface area (Å²) < 4.78 is 0. The average molecular weight is 280 g/mol. The predicted molar refractivity (Wildman–Crippen MR) is 81.0 cm³/mol. The molecular weight excluding hydrogens is 256 g/mol. The first-order valence-corrected chi connectivity index (χ1v) is 8.20. The van der Waals surface area contributed by atoms with Gasteiger partial charge in [-0.05, 0) is 40.3 Å². The summed E-state index contributed by atoms with van der Waals surface area (Å²) in [6, 6.07) is 1.68.